The summed E-state index contributed by atoms with van der Waals surface area (Å²) in [5.41, 5.74) is 0. The molecule has 1 atom stereocenters. The molecule has 76 valence electrons. The van der Waals surface area contributed by atoms with Crippen LogP contribution in [0.3, 0.4) is 0 Å². The molecule has 0 radical (unpaired) electrons. The average molecular weight is 186 g/mol. The summed E-state index contributed by atoms with van der Waals surface area (Å²) in [5.74, 6) is 3.46. The Labute approximate surface area is 79.7 Å². The van der Waals surface area contributed by atoms with Crippen molar-refractivity contribution in [3.63, 3.8) is 0 Å². The van der Waals surface area contributed by atoms with Crippen LogP contribution in [-0.2, 0) is 4.74 Å². The summed E-state index contributed by atoms with van der Waals surface area (Å²) in [6.45, 7) is 7.20. The first-order chi connectivity index (χ1) is 5.95. The summed E-state index contributed by atoms with van der Waals surface area (Å²) in [7, 11) is 0. The molecule has 1 unspecified atom stereocenters. The minimum atomic E-state index is -1.83. The lowest BCUT2D eigenvalue weighted by molar-refractivity contribution is -0.0916. The monoisotopic (exact) mass is 186 g/mol. The zero-order valence-corrected chi connectivity index (χ0v) is 8.50. The second-order valence-corrected chi connectivity index (χ2v) is 3.21. The molecule has 0 aromatic carbocycles. The van der Waals surface area contributed by atoms with Crippen LogP contribution in [0.4, 0.5) is 0 Å². The van der Waals surface area contributed by atoms with Crippen molar-refractivity contribution in [2.75, 3.05) is 13.2 Å². The number of aliphatic hydroxyl groups is 2. The molecule has 13 heavy (non-hydrogen) atoms. The normalized spacial score (nSPS) is 16.1. The molecule has 0 bridgehead atoms. The van der Waals surface area contributed by atoms with Gasteiger partial charge in [-0.25, -0.2) is 0 Å². The lowest BCUT2D eigenvalue weighted by atomic mass is 10.1. The Hall–Kier alpha value is -0.560. The fourth-order valence-corrected chi connectivity index (χ4v) is 0.362. The minimum absolute atomic E-state index is 0.235. The highest BCUT2D eigenvalue weighted by atomic mass is 16.6. The molecule has 1 aliphatic heterocycles. The van der Waals surface area contributed by atoms with Gasteiger partial charge in [-0.1, -0.05) is 19.8 Å². The van der Waals surface area contributed by atoms with E-state index in [4.69, 9.17) is 10.2 Å². The number of epoxide rings is 1. The van der Waals surface area contributed by atoms with E-state index in [1.807, 2.05) is 13.8 Å². The van der Waals surface area contributed by atoms with E-state index >= 15 is 0 Å². The Kier molecular flexibility index (Phi) is 5.72. The standard InChI is InChI=1S/C8H14O2.C2H4O/c1-4-7(2)5-6-8(3,9)10;1-2-3-1/h7,9-10H,4H2,1-3H3;1-2H2. The Morgan fingerprint density at radius 2 is 1.92 bits per heavy atom. The molecule has 1 rings (SSSR count). The minimum Gasteiger partial charge on any atom is -0.377 e. The van der Waals surface area contributed by atoms with Crippen LogP contribution in [0, 0.1) is 17.8 Å². The van der Waals surface area contributed by atoms with Gasteiger partial charge in [0.2, 0.25) is 5.79 Å². The summed E-state index contributed by atoms with van der Waals surface area (Å²) >= 11 is 0. The third kappa shape index (κ3) is 14.3. The lowest BCUT2D eigenvalue weighted by Crippen LogP contribution is -2.19. The first kappa shape index (κ1) is 12.4. The average Bonchev–Trinajstić information content (AvgIpc) is 2.84. The maximum absolute atomic E-state index is 8.74. The van der Waals surface area contributed by atoms with Crippen LogP contribution in [-0.4, -0.2) is 29.2 Å². The summed E-state index contributed by atoms with van der Waals surface area (Å²) in [4.78, 5) is 0. The molecular weight excluding hydrogens is 168 g/mol. The molecule has 3 nitrogen and oxygen atoms in total. The lowest BCUT2D eigenvalue weighted by Gasteiger charge is -2.05. The number of hydrogen-bond acceptors (Lipinski definition) is 3. The van der Waals surface area contributed by atoms with E-state index in [9.17, 15) is 0 Å². The third-order valence-corrected chi connectivity index (χ3v) is 1.37. The van der Waals surface area contributed by atoms with Crippen molar-refractivity contribution in [1.29, 1.82) is 0 Å². The van der Waals surface area contributed by atoms with E-state index < -0.39 is 5.79 Å². The van der Waals surface area contributed by atoms with E-state index in [1.165, 1.54) is 6.92 Å². The summed E-state index contributed by atoms with van der Waals surface area (Å²) in [6.07, 6.45) is 0.934. The molecule has 1 fully saturated rings. The second kappa shape index (κ2) is 5.98. The molecule has 0 aromatic rings. The van der Waals surface area contributed by atoms with Crippen LogP contribution >= 0.6 is 0 Å². The van der Waals surface area contributed by atoms with Gasteiger partial charge < -0.3 is 14.9 Å². The van der Waals surface area contributed by atoms with Crippen molar-refractivity contribution < 1.29 is 14.9 Å². The zero-order chi connectivity index (χ0) is 10.3. The van der Waals surface area contributed by atoms with Crippen LogP contribution in [0.25, 0.3) is 0 Å². The molecule has 1 saturated heterocycles. The number of hydrogen-bond donors (Lipinski definition) is 2. The van der Waals surface area contributed by atoms with Crippen LogP contribution in [0.15, 0.2) is 0 Å². The van der Waals surface area contributed by atoms with E-state index in [0.29, 0.717) is 0 Å². The fraction of sp³-hybridized carbons (Fsp3) is 0.800. The zero-order valence-electron chi connectivity index (χ0n) is 8.50. The maximum Gasteiger partial charge on any atom is 0.225 e. The molecule has 0 aliphatic carbocycles. The maximum atomic E-state index is 8.74. The van der Waals surface area contributed by atoms with Crippen molar-refractivity contribution in [1.82, 2.24) is 0 Å². The first-order valence-electron chi connectivity index (χ1n) is 4.51. The predicted molar refractivity (Wildman–Crippen MR) is 50.9 cm³/mol. The molecule has 1 heterocycles. The van der Waals surface area contributed by atoms with Gasteiger partial charge in [0.1, 0.15) is 0 Å². The molecule has 1 aliphatic rings. The number of ether oxygens (including phenoxy) is 1. The van der Waals surface area contributed by atoms with Gasteiger partial charge in [0.25, 0.3) is 0 Å². The molecule has 0 spiro atoms. The summed E-state index contributed by atoms with van der Waals surface area (Å²) in [6, 6.07) is 0. The second-order valence-electron chi connectivity index (χ2n) is 3.21. The fourth-order valence-electron chi connectivity index (χ4n) is 0.362. The first-order valence-corrected chi connectivity index (χ1v) is 4.51. The number of rotatable bonds is 1. The molecule has 3 heteroatoms. The Balaban J connectivity index is 0.000000396. The van der Waals surface area contributed by atoms with Gasteiger partial charge in [0.05, 0.1) is 13.2 Å². The topological polar surface area (TPSA) is 53.0 Å². The van der Waals surface area contributed by atoms with Crippen molar-refractivity contribution >= 4 is 0 Å². The highest BCUT2D eigenvalue weighted by Crippen LogP contribution is 1.99. The van der Waals surface area contributed by atoms with Crippen molar-refractivity contribution in [3.8, 4) is 11.8 Å². The van der Waals surface area contributed by atoms with Gasteiger partial charge in [-0.15, -0.1) is 0 Å². The highest BCUT2D eigenvalue weighted by molar-refractivity contribution is 5.08. The molecule has 0 aromatic heterocycles. The SMILES string of the molecule is C1CO1.CCC(C)C#CC(C)(O)O. The molecule has 2 N–H and O–H groups in total. The molecule has 0 saturated carbocycles. The smallest absolute Gasteiger partial charge is 0.225 e. The van der Waals surface area contributed by atoms with E-state index in [0.717, 1.165) is 19.6 Å². The van der Waals surface area contributed by atoms with Crippen LogP contribution < -0.4 is 0 Å². The van der Waals surface area contributed by atoms with Crippen molar-refractivity contribution in [3.05, 3.63) is 0 Å². The Morgan fingerprint density at radius 1 is 1.46 bits per heavy atom. The molecule has 0 amide bonds. The van der Waals surface area contributed by atoms with E-state index in [-0.39, 0.29) is 5.92 Å². The largest absolute Gasteiger partial charge is 0.377 e. The van der Waals surface area contributed by atoms with Crippen LogP contribution in [0.2, 0.25) is 0 Å². The summed E-state index contributed by atoms with van der Waals surface area (Å²) < 4.78 is 4.50. The van der Waals surface area contributed by atoms with Crippen LogP contribution in [0.1, 0.15) is 27.2 Å². The van der Waals surface area contributed by atoms with Crippen molar-refractivity contribution in [2.45, 2.75) is 33.0 Å². The summed E-state index contributed by atoms with van der Waals surface area (Å²) in [5, 5.41) is 17.5. The van der Waals surface area contributed by atoms with E-state index in [1.54, 1.807) is 0 Å². The third-order valence-electron chi connectivity index (χ3n) is 1.37. The molecular formula is C10H18O3. The van der Waals surface area contributed by atoms with Gasteiger partial charge in [0, 0.05) is 12.8 Å². The van der Waals surface area contributed by atoms with Gasteiger partial charge in [-0.2, -0.15) is 0 Å². The quantitative estimate of drug-likeness (QED) is 0.361. The van der Waals surface area contributed by atoms with E-state index in [2.05, 4.69) is 16.6 Å². The van der Waals surface area contributed by atoms with Gasteiger partial charge in [-0.05, 0) is 12.3 Å². The van der Waals surface area contributed by atoms with Crippen molar-refractivity contribution in [2.24, 2.45) is 5.92 Å². The van der Waals surface area contributed by atoms with Crippen LogP contribution in [0.5, 0.6) is 0 Å². The van der Waals surface area contributed by atoms with Gasteiger partial charge in [0.15, 0.2) is 0 Å². The predicted octanol–water partition coefficient (Wildman–Crippen LogP) is 0.753. The van der Waals surface area contributed by atoms with Gasteiger partial charge >= 0.3 is 0 Å². The highest BCUT2D eigenvalue weighted by Gasteiger charge is 2.08. The Morgan fingerprint density at radius 3 is 2.15 bits per heavy atom. The Bertz CT molecular complexity index is 178. The van der Waals surface area contributed by atoms with Gasteiger partial charge in [-0.3, -0.25) is 0 Å².